The first-order chi connectivity index (χ1) is 9.61. The van der Waals surface area contributed by atoms with Crippen molar-refractivity contribution in [2.75, 3.05) is 5.32 Å². The molecule has 0 aliphatic heterocycles. The van der Waals surface area contributed by atoms with Gasteiger partial charge in [-0.25, -0.2) is 0 Å². The summed E-state index contributed by atoms with van der Waals surface area (Å²) in [6.07, 6.45) is 2.80. The Morgan fingerprint density at radius 1 is 1.45 bits per heavy atom. The van der Waals surface area contributed by atoms with Gasteiger partial charge in [-0.1, -0.05) is 6.92 Å². The number of rotatable bonds is 6. The second-order valence-electron chi connectivity index (χ2n) is 4.32. The molecule has 1 aromatic carbocycles. The van der Waals surface area contributed by atoms with E-state index in [-0.39, 0.29) is 5.69 Å². The Balaban J connectivity index is 2.07. The molecule has 0 fully saturated rings. The molecule has 1 heterocycles. The molecule has 0 amide bonds. The molecule has 0 spiro atoms. The first-order valence-corrected chi connectivity index (χ1v) is 7.09. The van der Waals surface area contributed by atoms with Gasteiger partial charge >= 0.3 is 0 Å². The van der Waals surface area contributed by atoms with E-state index < -0.39 is 4.92 Å². The summed E-state index contributed by atoms with van der Waals surface area (Å²) in [6, 6.07) is 6.63. The molecule has 0 atom stereocenters. The van der Waals surface area contributed by atoms with Crippen LogP contribution in [0.1, 0.15) is 19.0 Å². The van der Waals surface area contributed by atoms with Crippen molar-refractivity contribution in [1.82, 2.24) is 9.78 Å². The molecule has 2 aromatic rings. The van der Waals surface area contributed by atoms with Gasteiger partial charge in [0.05, 0.1) is 17.2 Å². The molecule has 6 nitrogen and oxygen atoms in total. The molecular weight excluding hydrogens is 324 g/mol. The highest BCUT2D eigenvalue weighted by Crippen LogP contribution is 2.27. The van der Waals surface area contributed by atoms with Crippen molar-refractivity contribution in [3.05, 3.63) is 50.7 Å². The van der Waals surface area contributed by atoms with Gasteiger partial charge in [-0.15, -0.1) is 0 Å². The SMILES string of the molecule is CCCn1nccc1CNc1ccc([N+](=O)[O-])cc1Br. The van der Waals surface area contributed by atoms with Gasteiger partial charge in [-0.3, -0.25) is 14.8 Å². The van der Waals surface area contributed by atoms with Crippen LogP contribution in [0, 0.1) is 10.1 Å². The fourth-order valence-corrected chi connectivity index (χ4v) is 2.38. The zero-order valence-electron chi connectivity index (χ0n) is 11.0. The van der Waals surface area contributed by atoms with Crippen LogP contribution in [-0.4, -0.2) is 14.7 Å². The summed E-state index contributed by atoms with van der Waals surface area (Å²) in [5.41, 5.74) is 1.97. The van der Waals surface area contributed by atoms with Gasteiger partial charge in [0.1, 0.15) is 0 Å². The Hall–Kier alpha value is -1.89. The van der Waals surface area contributed by atoms with Crippen LogP contribution >= 0.6 is 15.9 Å². The number of halogens is 1. The summed E-state index contributed by atoms with van der Waals surface area (Å²) < 4.78 is 2.63. The molecule has 20 heavy (non-hydrogen) atoms. The van der Waals surface area contributed by atoms with Gasteiger partial charge in [0.15, 0.2) is 0 Å². The summed E-state index contributed by atoms with van der Waals surface area (Å²) in [4.78, 5) is 10.3. The fourth-order valence-electron chi connectivity index (χ4n) is 1.87. The van der Waals surface area contributed by atoms with Crippen molar-refractivity contribution < 1.29 is 4.92 Å². The lowest BCUT2D eigenvalue weighted by atomic mass is 10.2. The van der Waals surface area contributed by atoms with Crippen LogP contribution in [0.2, 0.25) is 0 Å². The van der Waals surface area contributed by atoms with E-state index in [1.807, 2.05) is 10.7 Å². The van der Waals surface area contributed by atoms with Crippen LogP contribution in [0.5, 0.6) is 0 Å². The quantitative estimate of drug-likeness (QED) is 0.645. The molecule has 2 rings (SSSR count). The van der Waals surface area contributed by atoms with E-state index in [4.69, 9.17) is 0 Å². The molecule has 0 radical (unpaired) electrons. The van der Waals surface area contributed by atoms with Crippen LogP contribution in [0.3, 0.4) is 0 Å². The molecule has 0 bridgehead atoms. The number of hydrogen-bond donors (Lipinski definition) is 1. The molecule has 1 aromatic heterocycles. The second-order valence-corrected chi connectivity index (χ2v) is 5.17. The highest BCUT2D eigenvalue weighted by atomic mass is 79.9. The Kier molecular flexibility index (Phi) is 4.73. The van der Waals surface area contributed by atoms with Crippen LogP contribution in [0.4, 0.5) is 11.4 Å². The number of anilines is 1. The molecule has 0 unspecified atom stereocenters. The minimum absolute atomic E-state index is 0.0680. The largest absolute Gasteiger partial charge is 0.378 e. The third-order valence-electron chi connectivity index (χ3n) is 2.86. The molecule has 7 heteroatoms. The third-order valence-corrected chi connectivity index (χ3v) is 3.52. The smallest absolute Gasteiger partial charge is 0.270 e. The summed E-state index contributed by atoms with van der Waals surface area (Å²) in [6.45, 7) is 3.60. The van der Waals surface area contributed by atoms with Crippen molar-refractivity contribution in [3.8, 4) is 0 Å². The zero-order valence-corrected chi connectivity index (χ0v) is 12.6. The van der Waals surface area contributed by atoms with E-state index in [1.54, 1.807) is 12.3 Å². The Bertz CT molecular complexity index is 612. The van der Waals surface area contributed by atoms with Crippen molar-refractivity contribution in [3.63, 3.8) is 0 Å². The van der Waals surface area contributed by atoms with Crippen molar-refractivity contribution in [2.45, 2.75) is 26.4 Å². The summed E-state index contributed by atoms with van der Waals surface area (Å²) in [5.74, 6) is 0. The second kappa shape index (κ2) is 6.51. The molecule has 0 saturated carbocycles. The number of nitro groups is 1. The lowest BCUT2D eigenvalue weighted by Crippen LogP contribution is -2.09. The summed E-state index contributed by atoms with van der Waals surface area (Å²) >= 11 is 3.34. The lowest BCUT2D eigenvalue weighted by molar-refractivity contribution is -0.384. The highest BCUT2D eigenvalue weighted by Gasteiger charge is 2.09. The number of benzene rings is 1. The van der Waals surface area contributed by atoms with Gasteiger partial charge in [-0.2, -0.15) is 5.10 Å². The Morgan fingerprint density at radius 3 is 2.90 bits per heavy atom. The van der Waals surface area contributed by atoms with Crippen molar-refractivity contribution >= 4 is 27.3 Å². The molecular formula is C13H15BrN4O2. The number of nitrogens with one attached hydrogen (secondary N) is 1. The number of nitrogens with zero attached hydrogens (tertiary/aromatic N) is 3. The minimum Gasteiger partial charge on any atom is -0.378 e. The van der Waals surface area contributed by atoms with E-state index in [2.05, 4.69) is 33.3 Å². The van der Waals surface area contributed by atoms with Crippen LogP contribution in [-0.2, 0) is 13.1 Å². The minimum atomic E-state index is -0.412. The number of hydrogen-bond acceptors (Lipinski definition) is 4. The highest BCUT2D eigenvalue weighted by molar-refractivity contribution is 9.10. The van der Waals surface area contributed by atoms with Gasteiger partial charge < -0.3 is 5.32 Å². The van der Waals surface area contributed by atoms with E-state index in [0.29, 0.717) is 11.0 Å². The Labute approximate surface area is 125 Å². The normalized spacial score (nSPS) is 10.5. The van der Waals surface area contributed by atoms with Gasteiger partial charge in [0, 0.05) is 35.0 Å². The maximum atomic E-state index is 10.7. The number of non-ortho nitro benzene ring substituents is 1. The first kappa shape index (κ1) is 14.5. The molecule has 0 aliphatic rings. The zero-order chi connectivity index (χ0) is 14.5. The average molecular weight is 339 g/mol. The summed E-state index contributed by atoms with van der Waals surface area (Å²) in [7, 11) is 0. The Morgan fingerprint density at radius 2 is 2.25 bits per heavy atom. The predicted octanol–water partition coefficient (Wildman–Crippen LogP) is 3.58. The molecule has 106 valence electrons. The maximum absolute atomic E-state index is 10.7. The van der Waals surface area contributed by atoms with E-state index in [9.17, 15) is 10.1 Å². The molecule has 0 saturated heterocycles. The molecule has 0 aliphatic carbocycles. The number of aromatic nitrogens is 2. The topological polar surface area (TPSA) is 73.0 Å². The predicted molar refractivity (Wildman–Crippen MR) is 80.6 cm³/mol. The van der Waals surface area contributed by atoms with Crippen LogP contribution in [0.15, 0.2) is 34.9 Å². The standard InChI is InChI=1S/C13H15BrN4O2/c1-2-7-17-11(5-6-16-17)9-15-13-4-3-10(18(19)20)8-12(13)14/h3-6,8,15H,2,7,9H2,1H3. The third kappa shape index (κ3) is 3.36. The van der Waals surface area contributed by atoms with Gasteiger partial charge in [0.2, 0.25) is 0 Å². The van der Waals surface area contributed by atoms with E-state index >= 15 is 0 Å². The van der Waals surface area contributed by atoms with Crippen molar-refractivity contribution in [1.29, 1.82) is 0 Å². The van der Waals surface area contributed by atoms with E-state index in [0.717, 1.165) is 24.3 Å². The van der Waals surface area contributed by atoms with Crippen LogP contribution in [0.25, 0.3) is 0 Å². The maximum Gasteiger partial charge on any atom is 0.270 e. The number of nitro benzene ring substituents is 1. The summed E-state index contributed by atoms with van der Waals surface area (Å²) in [5, 5.41) is 18.2. The van der Waals surface area contributed by atoms with Gasteiger partial charge in [-0.05, 0) is 34.5 Å². The van der Waals surface area contributed by atoms with Crippen molar-refractivity contribution in [2.24, 2.45) is 0 Å². The number of aryl methyl sites for hydroxylation is 1. The van der Waals surface area contributed by atoms with Crippen LogP contribution < -0.4 is 5.32 Å². The van der Waals surface area contributed by atoms with Gasteiger partial charge in [0.25, 0.3) is 5.69 Å². The lowest BCUT2D eigenvalue weighted by Gasteiger charge is -2.10. The fraction of sp³-hybridized carbons (Fsp3) is 0.308. The van der Waals surface area contributed by atoms with E-state index in [1.165, 1.54) is 12.1 Å². The average Bonchev–Trinajstić information content (AvgIpc) is 2.85. The first-order valence-electron chi connectivity index (χ1n) is 6.30. The monoisotopic (exact) mass is 338 g/mol. The molecule has 1 N–H and O–H groups in total.